The molecule has 184 valence electrons. The molecule has 4 aromatic rings. The molecule has 1 aliphatic rings. The average molecular weight is 484 g/mol. The molecule has 4 heterocycles. The van der Waals surface area contributed by atoms with Gasteiger partial charge in [-0.15, -0.1) is 0 Å². The van der Waals surface area contributed by atoms with Gasteiger partial charge < -0.3 is 20.3 Å². The summed E-state index contributed by atoms with van der Waals surface area (Å²) in [5.74, 6) is 1.70. The lowest BCUT2D eigenvalue weighted by Crippen LogP contribution is -2.36. The largest absolute Gasteiger partial charge is 0.378 e. The maximum absolute atomic E-state index is 12.3. The zero-order chi connectivity index (χ0) is 24.9. The summed E-state index contributed by atoms with van der Waals surface area (Å²) in [5.41, 5.74) is 4.28. The molecule has 2 N–H and O–H groups in total. The molecule has 0 saturated carbocycles. The predicted octanol–water partition coefficient (Wildman–Crippen LogP) is 3.50. The number of benzene rings is 1. The van der Waals surface area contributed by atoms with Gasteiger partial charge in [0, 0.05) is 62.0 Å². The topological polar surface area (TPSA) is 105 Å². The zero-order valence-electron chi connectivity index (χ0n) is 20.4. The fourth-order valence-corrected chi connectivity index (χ4v) is 4.43. The summed E-state index contributed by atoms with van der Waals surface area (Å²) >= 11 is 0. The fourth-order valence-electron chi connectivity index (χ4n) is 4.43. The molecule has 1 fully saturated rings. The normalized spacial score (nSPS) is 14.4. The predicted molar refractivity (Wildman–Crippen MR) is 140 cm³/mol. The Balaban J connectivity index is 1.30. The van der Waals surface area contributed by atoms with Crippen LogP contribution in [-0.2, 0) is 4.74 Å². The van der Waals surface area contributed by atoms with Gasteiger partial charge in [-0.1, -0.05) is 25.1 Å². The molecule has 3 aromatic heterocycles. The van der Waals surface area contributed by atoms with Crippen molar-refractivity contribution in [2.45, 2.75) is 12.8 Å². The second-order valence-electron chi connectivity index (χ2n) is 8.76. The minimum atomic E-state index is -0.119. The quantitative estimate of drug-likeness (QED) is 0.412. The minimum absolute atomic E-state index is 0.119. The first-order chi connectivity index (χ1) is 17.6. The number of carbonyl (C=O) groups excluding carboxylic acids is 1. The minimum Gasteiger partial charge on any atom is -0.378 e. The Labute approximate surface area is 210 Å². The lowest BCUT2D eigenvalue weighted by atomic mass is 9.96. The van der Waals surface area contributed by atoms with Crippen LogP contribution in [0.4, 0.5) is 11.6 Å². The van der Waals surface area contributed by atoms with Gasteiger partial charge in [0.25, 0.3) is 5.91 Å². The van der Waals surface area contributed by atoms with Gasteiger partial charge in [0.1, 0.15) is 18.0 Å². The molecule has 36 heavy (non-hydrogen) atoms. The number of hydrogen-bond donors (Lipinski definition) is 2. The summed E-state index contributed by atoms with van der Waals surface area (Å²) in [6.07, 6.45) is 5.10. The number of nitrogens with one attached hydrogen (secondary N) is 2. The molecule has 0 unspecified atom stereocenters. The Morgan fingerprint density at radius 1 is 1.08 bits per heavy atom. The molecule has 1 aromatic carbocycles. The van der Waals surface area contributed by atoms with Crippen LogP contribution in [0.5, 0.6) is 0 Å². The van der Waals surface area contributed by atoms with Crippen molar-refractivity contribution in [2.24, 2.45) is 0 Å². The molecular formula is C27H29N7O2. The van der Waals surface area contributed by atoms with Crippen molar-refractivity contribution in [3.05, 3.63) is 72.3 Å². The molecule has 1 amide bonds. The van der Waals surface area contributed by atoms with E-state index >= 15 is 0 Å². The van der Waals surface area contributed by atoms with Gasteiger partial charge in [-0.2, -0.15) is 0 Å². The second kappa shape index (κ2) is 10.7. The van der Waals surface area contributed by atoms with Crippen LogP contribution in [0.1, 0.15) is 28.8 Å². The van der Waals surface area contributed by atoms with Crippen molar-refractivity contribution >= 4 is 28.4 Å². The van der Waals surface area contributed by atoms with Crippen LogP contribution < -0.4 is 15.5 Å². The number of ether oxygens (including phenoxy) is 1. The highest BCUT2D eigenvalue weighted by molar-refractivity contribution is 6.06. The Hall–Kier alpha value is -4.11. The highest BCUT2D eigenvalue weighted by Gasteiger charge is 2.16. The van der Waals surface area contributed by atoms with E-state index in [9.17, 15) is 4.79 Å². The third-order valence-corrected chi connectivity index (χ3v) is 6.44. The van der Waals surface area contributed by atoms with E-state index in [1.807, 2.05) is 36.5 Å². The van der Waals surface area contributed by atoms with Crippen LogP contribution in [0.2, 0.25) is 0 Å². The highest BCUT2D eigenvalue weighted by Crippen LogP contribution is 2.27. The Morgan fingerprint density at radius 2 is 1.94 bits per heavy atom. The average Bonchev–Trinajstić information content (AvgIpc) is 2.95. The number of nitrogens with zero attached hydrogens (tertiary/aromatic N) is 5. The number of rotatable bonds is 7. The van der Waals surface area contributed by atoms with E-state index in [0.29, 0.717) is 12.1 Å². The summed E-state index contributed by atoms with van der Waals surface area (Å²) in [6, 6.07) is 13.7. The van der Waals surface area contributed by atoms with E-state index in [0.717, 1.165) is 65.7 Å². The lowest BCUT2D eigenvalue weighted by Gasteiger charge is -2.27. The van der Waals surface area contributed by atoms with E-state index in [2.05, 4.69) is 48.5 Å². The van der Waals surface area contributed by atoms with Crippen molar-refractivity contribution in [1.29, 1.82) is 0 Å². The van der Waals surface area contributed by atoms with Crippen molar-refractivity contribution in [2.75, 3.05) is 50.1 Å². The molecule has 1 saturated heterocycles. The summed E-state index contributed by atoms with van der Waals surface area (Å²) in [7, 11) is 1.63. The number of anilines is 2. The zero-order valence-corrected chi connectivity index (χ0v) is 20.4. The summed E-state index contributed by atoms with van der Waals surface area (Å²) < 4.78 is 5.42. The van der Waals surface area contributed by atoms with E-state index in [-0.39, 0.29) is 11.8 Å². The molecule has 1 aliphatic heterocycles. The van der Waals surface area contributed by atoms with Crippen LogP contribution >= 0.6 is 0 Å². The van der Waals surface area contributed by atoms with Crippen molar-refractivity contribution < 1.29 is 9.53 Å². The first kappa shape index (κ1) is 23.6. The van der Waals surface area contributed by atoms with Gasteiger partial charge >= 0.3 is 0 Å². The molecule has 0 aliphatic carbocycles. The lowest BCUT2D eigenvalue weighted by molar-refractivity contribution is 0.0964. The Morgan fingerprint density at radius 3 is 2.72 bits per heavy atom. The van der Waals surface area contributed by atoms with Gasteiger partial charge in [0.05, 0.1) is 30.0 Å². The smallest absolute Gasteiger partial charge is 0.251 e. The van der Waals surface area contributed by atoms with Crippen LogP contribution in [0.25, 0.3) is 22.2 Å². The number of fused-ring (bicyclic) bond motifs is 1. The molecule has 5 rings (SSSR count). The van der Waals surface area contributed by atoms with Crippen molar-refractivity contribution in [3.63, 3.8) is 0 Å². The SMILES string of the molecule is CNC(=O)c1ccnc2c([C@H](C)CNc3cc(-c4ccc(N5CCOCC5)nc4)ncn3)cccc12. The standard InChI is InChI=1S/C27H29N7O2/c1-18(20-4-3-5-21-22(27(35)28-2)8-9-29-26(20)21)15-30-24-14-23(32-17-33-24)19-6-7-25(31-16-19)34-10-12-36-13-11-34/h3-9,14,16-18H,10-13,15H2,1-2H3,(H,28,35)(H,30,32,33)/t18-/m1/s1. The number of aromatic nitrogens is 4. The van der Waals surface area contributed by atoms with Crippen molar-refractivity contribution in [1.82, 2.24) is 25.3 Å². The maximum Gasteiger partial charge on any atom is 0.251 e. The second-order valence-corrected chi connectivity index (χ2v) is 8.76. The van der Waals surface area contributed by atoms with Crippen LogP contribution in [0.3, 0.4) is 0 Å². The summed E-state index contributed by atoms with van der Waals surface area (Å²) in [4.78, 5) is 32.6. The first-order valence-electron chi connectivity index (χ1n) is 12.1. The molecular weight excluding hydrogens is 454 g/mol. The molecule has 0 radical (unpaired) electrons. The van der Waals surface area contributed by atoms with Crippen LogP contribution in [-0.4, -0.2) is 65.7 Å². The Kier molecular flexibility index (Phi) is 6.99. The van der Waals surface area contributed by atoms with Crippen LogP contribution in [0.15, 0.2) is 61.2 Å². The highest BCUT2D eigenvalue weighted by atomic mass is 16.5. The van der Waals surface area contributed by atoms with Gasteiger partial charge in [0.2, 0.25) is 0 Å². The number of hydrogen-bond acceptors (Lipinski definition) is 8. The summed E-state index contributed by atoms with van der Waals surface area (Å²) in [5, 5.41) is 6.98. The number of pyridine rings is 2. The summed E-state index contributed by atoms with van der Waals surface area (Å²) in [6.45, 7) is 5.94. The number of amides is 1. The van der Waals surface area contributed by atoms with E-state index in [1.54, 1.807) is 25.6 Å². The number of morpholine rings is 1. The molecule has 0 bridgehead atoms. The number of carbonyl (C=O) groups is 1. The van der Waals surface area contributed by atoms with Crippen LogP contribution in [0, 0.1) is 0 Å². The van der Waals surface area contributed by atoms with E-state index in [1.165, 1.54) is 0 Å². The van der Waals surface area contributed by atoms with Gasteiger partial charge in [-0.3, -0.25) is 9.78 Å². The van der Waals surface area contributed by atoms with Gasteiger partial charge in [0.15, 0.2) is 0 Å². The molecule has 9 nitrogen and oxygen atoms in total. The maximum atomic E-state index is 12.3. The molecule has 0 spiro atoms. The first-order valence-corrected chi connectivity index (χ1v) is 12.1. The third-order valence-electron chi connectivity index (χ3n) is 6.44. The third kappa shape index (κ3) is 4.96. The van der Waals surface area contributed by atoms with Gasteiger partial charge in [-0.25, -0.2) is 15.0 Å². The molecule has 9 heteroatoms. The monoisotopic (exact) mass is 483 g/mol. The van der Waals surface area contributed by atoms with Gasteiger partial charge in [-0.05, 0) is 23.8 Å². The number of para-hydroxylation sites is 1. The Bertz CT molecular complexity index is 1350. The molecule has 1 atom stereocenters. The fraction of sp³-hybridized carbons (Fsp3) is 0.296. The van der Waals surface area contributed by atoms with E-state index in [4.69, 9.17) is 4.74 Å². The van der Waals surface area contributed by atoms with E-state index < -0.39 is 0 Å². The van der Waals surface area contributed by atoms with Crippen molar-refractivity contribution in [3.8, 4) is 11.3 Å².